The molecule has 21 heavy (non-hydrogen) atoms. The molecule has 1 aromatic rings. The summed E-state index contributed by atoms with van der Waals surface area (Å²) >= 11 is 0. The molecule has 0 spiro atoms. The van der Waals surface area contributed by atoms with E-state index in [0.717, 1.165) is 23.8 Å². The molecule has 3 atom stereocenters. The second kappa shape index (κ2) is 6.08. The summed E-state index contributed by atoms with van der Waals surface area (Å²) in [7, 11) is 0. The molecule has 1 N–H and O–H groups in total. The lowest BCUT2D eigenvalue weighted by molar-refractivity contribution is 0.181. The predicted octanol–water partition coefficient (Wildman–Crippen LogP) is 4.06. The van der Waals surface area contributed by atoms with Crippen molar-refractivity contribution in [3.8, 4) is 0 Å². The predicted molar refractivity (Wildman–Crippen MR) is 86.4 cm³/mol. The molecule has 3 aliphatic carbocycles. The molecule has 0 bridgehead atoms. The lowest BCUT2D eigenvalue weighted by Crippen LogP contribution is -2.35. The van der Waals surface area contributed by atoms with Crippen LogP contribution in [0.15, 0.2) is 18.3 Å². The van der Waals surface area contributed by atoms with E-state index in [4.69, 9.17) is 4.98 Å². The average molecular weight is 284 g/mol. The lowest BCUT2D eigenvalue weighted by atomic mass is 9.67. The van der Waals surface area contributed by atoms with Gasteiger partial charge in [0.2, 0.25) is 0 Å². The van der Waals surface area contributed by atoms with Gasteiger partial charge in [-0.3, -0.25) is 4.98 Å². The minimum Gasteiger partial charge on any atom is -0.314 e. The summed E-state index contributed by atoms with van der Waals surface area (Å²) in [5, 5.41) is 3.80. The van der Waals surface area contributed by atoms with Gasteiger partial charge in [-0.2, -0.15) is 0 Å². The fourth-order valence-electron chi connectivity index (χ4n) is 4.69. The quantitative estimate of drug-likeness (QED) is 0.902. The molecule has 0 saturated heterocycles. The molecule has 1 aromatic heterocycles. The number of hydrogen-bond acceptors (Lipinski definition) is 2. The van der Waals surface area contributed by atoms with Crippen molar-refractivity contribution < 1.29 is 0 Å². The first-order chi connectivity index (χ1) is 10.4. The molecule has 2 fully saturated rings. The first kappa shape index (κ1) is 13.8. The Hall–Kier alpha value is -0.890. The Labute approximate surface area is 128 Å². The molecule has 114 valence electrons. The Kier molecular flexibility index (Phi) is 3.98. The van der Waals surface area contributed by atoms with Crippen molar-refractivity contribution in [2.75, 3.05) is 6.54 Å². The maximum atomic E-state index is 4.80. The van der Waals surface area contributed by atoms with E-state index in [0.29, 0.717) is 0 Å². The number of aromatic nitrogens is 1. The molecular formula is C19H28N2. The van der Waals surface area contributed by atoms with E-state index in [-0.39, 0.29) is 0 Å². The van der Waals surface area contributed by atoms with Gasteiger partial charge in [-0.25, -0.2) is 0 Å². The molecule has 0 radical (unpaired) electrons. The summed E-state index contributed by atoms with van der Waals surface area (Å²) in [5.74, 6) is 2.50. The Balaban J connectivity index is 1.52. The number of nitrogens with zero attached hydrogens (tertiary/aromatic N) is 1. The zero-order chi connectivity index (χ0) is 14.1. The van der Waals surface area contributed by atoms with Crippen LogP contribution in [0, 0.1) is 11.8 Å². The average Bonchev–Trinajstić information content (AvgIpc) is 3.37. The molecule has 1 heterocycles. The molecule has 2 saturated carbocycles. The third-order valence-corrected chi connectivity index (χ3v) is 5.97. The van der Waals surface area contributed by atoms with Gasteiger partial charge >= 0.3 is 0 Å². The summed E-state index contributed by atoms with van der Waals surface area (Å²) in [6, 6.07) is 5.28. The molecule has 0 aromatic carbocycles. The zero-order valence-electron chi connectivity index (χ0n) is 13.1. The van der Waals surface area contributed by atoms with Crippen molar-refractivity contribution in [3.63, 3.8) is 0 Å². The highest BCUT2D eigenvalue weighted by Crippen LogP contribution is 2.44. The van der Waals surface area contributed by atoms with Gasteiger partial charge < -0.3 is 5.32 Å². The Morgan fingerprint density at radius 3 is 2.86 bits per heavy atom. The second-order valence-corrected chi connectivity index (χ2v) is 7.44. The third-order valence-electron chi connectivity index (χ3n) is 5.97. The number of pyridine rings is 1. The van der Waals surface area contributed by atoms with Gasteiger partial charge in [0.25, 0.3) is 0 Å². The van der Waals surface area contributed by atoms with Gasteiger partial charge in [-0.05, 0) is 75.0 Å². The van der Waals surface area contributed by atoms with Crippen LogP contribution in [0.2, 0.25) is 0 Å². The molecule has 4 rings (SSSR count). The molecular weight excluding hydrogens is 256 g/mol. The first-order valence-corrected chi connectivity index (χ1v) is 9.09. The van der Waals surface area contributed by atoms with Crippen LogP contribution in [-0.4, -0.2) is 17.6 Å². The maximum absolute atomic E-state index is 4.80. The van der Waals surface area contributed by atoms with E-state index < -0.39 is 0 Å². The lowest BCUT2D eigenvalue weighted by Gasteiger charge is -2.39. The van der Waals surface area contributed by atoms with Crippen molar-refractivity contribution in [3.05, 3.63) is 29.6 Å². The highest BCUT2D eigenvalue weighted by atomic mass is 14.9. The smallest absolute Gasteiger partial charge is 0.0469 e. The van der Waals surface area contributed by atoms with Crippen molar-refractivity contribution in [2.24, 2.45) is 11.8 Å². The number of aryl methyl sites for hydroxylation is 1. The van der Waals surface area contributed by atoms with Gasteiger partial charge in [-0.15, -0.1) is 0 Å². The van der Waals surface area contributed by atoms with Crippen molar-refractivity contribution in [1.82, 2.24) is 10.3 Å². The molecule has 0 amide bonds. The topological polar surface area (TPSA) is 24.9 Å². The second-order valence-electron chi connectivity index (χ2n) is 7.44. The molecule has 3 aliphatic rings. The highest BCUT2D eigenvalue weighted by Gasteiger charge is 2.36. The van der Waals surface area contributed by atoms with E-state index in [1.165, 1.54) is 75.6 Å². The standard InChI is InChI=1S/C19H28N2/c1-2-8-17(15(5-1)13-21-16-10-11-16)18-9-3-6-14-7-4-12-20-19(14)18/h4,7,12,15-18,21H,1-3,5-6,8-11,13H2. The summed E-state index contributed by atoms with van der Waals surface area (Å²) in [5.41, 5.74) is 2.99. The number of fused-ring (bicyclic) bond motifs is 1. The zero-order valence-corrected chi connectivity index (χ0v) is 13.1. The summed E-state index contributed by atoms with van der Waals surface area (Å²) in [4.78, 5) is 4.80. The number of rotatable bonds is 4. The SMILES string of the molecule is c1cnc2c(c1)CCCC2C1CCCCC1CNC1CC1. The number of nitrogens with one attached hydrogen (secondary N) is 1. The van der Waals surface area contributed by atoms with Crippen LogP contribution in [0.3, 0.4) is 0 Å². The summed E-state index contributed by atoms with van der Waals surface area (Å²) in [6.45, 7) is 1.26. The highest BCUT2D eigenvalue weighted by molar-refractivity contribution is 5.27. The van der Waals surface area contributed by atoms with Gasteiger partial charge in [0.15, 0.2) is 0 Å². The Morgan fingerprint density at radius 1 is 1.05 bits per heavy atom. The maximum Gasteiger partial charge on any atom is 0.0469 e. The van der Waals surface area contributed by atoms with Gasteiger partial charge in [0, 0.05) is 23.9 Å². The van der Waals surface area contributed by atoms with E-state index in [9.17, 15) is 0 Å². The van der Waals surface area contributed by atoms with Gasteiger partial charge in [-0.1, -0.05) is 18.9 Å². The third kappa shape index (κ3) is 3.01. The van der Waals surface area contributed by atoms with E-state index in [2.05, 4.69) is 17.4 Å². The summed E-state index contributed by atoms with van der Waals surface area (Å²) < 4.78 is 0. The molecule has 0 aliphatic heterocycles. The van der Waals surface area contributed by atoms with Crippen LogP contribution in [0.5, 0.6) is 0 Å². The van der Waals surface area contributed by atoms with Gasteiger partial charge in [0.05, 0.1) is 0 Å². The van der Waals surface area contributed by atoms with Gasteiger partial charge in [0.1, 0.15) is 0 Å². The minimum absolute atomic E-state index is 0.737. The fourth-order valence-corrected chi connectivity index (χ4v) is 4.69. The number of hydrogen-bond donors (Lipinski definition) is 1. The minimum atomic E-state index is 0.737. The molecule has 2 heteroatoms. The van der Waals surface area contributed by atoms with E-state index >= 15 is 0 Å². The van der Waals surface area contributed by atoms with Crippen LogP contribution in [0.1, 0.15) is 68.5 Å². The normalized spacial score (nSPS) is 32.7. The van der Waals surface area contributed by atoms with E-state index in [1.54, 1.807) is 0 Å². The Morgan fingerprint density at radius 2 is 1.95 bits per heavy atom. The summed E-state index contributed by atoms with van der Waals surface area (Å²) in [6.07, 6.45) is 14.5. The monoisotopic (exact) mass is 284 g/mol. The van der Waals surface area contributed by atoms with Crippen LogP contribution < -0.4 is 5.32 Å². The molecule has 2 nitrogen and oxygen atoms in total. The Bertz CT molecular complexity index is 480. The first-order valence-electron chi connectivity index (χ1n) is 9.09. The molecule has 3 unspecified atom stereocenters. The van der Waals surface area contributed by atoms with Crippen molar-refractivity contribution >= 4 is 0 Å². The van der Waals surface area contributed by atoms with E-state index in [1.807, 2.05) is 6.20 Å². The van der Waals surface area contributed by atoms with Crippen LogP contribution in [-0.2, 0) is 6.42 Å². The van der Waals surface area contributed by atoms with Crippen LogP contribution in [0.25, 0.3) is 0 Å². The fraction of sp³-hybridized carbons (Fsp3) is 0.737. The largest absolute Gasteiger partial charge is 0.314 e. The van der Waals surface area contributed by atoms with Crippen molar-refractivity contribution in [1.29, 1.82) is 0 Å². The van der Waals surface area contributed by atoms with Crippen LogP contribution >= 0.6 is 0 Å². The van der Waals surface area contributed by atoms with Crippen LogP contribution in [0.4, 0.5) is 0 Å². The van der Waals surface area contributed by atoms with Crippen molar-refractivity contribution in [2.45, 2.75) is 69.7 Å².